The molecule has 14 heteroatoms. The zero-order chi connectivity index (χ0) is 27.0. The van der Waals surface area contributed by atoms with Crippen LogP contribution >= 0.6 is 0 Å². The van der Waals surface area contributed by atoms with Crippen molar-refractivity contribution in [3.05, 3.63) is 35.1 Å². The van der Waals surface area contributed by atoms with Crippen molar-refractivity contribution in [2.75, 3.05) is 19.8 Å². The highest BCUT2D eigenvalue weighted by Gasteiger charge is 2.46. The molecule has 2 unspecified atom stereocenters. The zero-order valence-electron chi connectivity index (χ0n) is 20.1. The molecule has 36 heavy (non-hydrogen) atoms. The lowest BCUT2D eigenvalue weighted by Gasteiger charge is -2.39. The molecule has 0 aliphatic carbocycles. The van der Waals surface area contributed by atoms with Crippen molar-refractivity contribution in [1.82, 2.24) is 20.1 Å². The summed E-state index contributed by atoms with van der Waals surface area (Å²) in [7, 11) is 0. The number of hydrogen-bond donors (Lipinski definition) is 1. The number of rotatable bonds is 5. The van der Waals surface area contributed by atoms with Gasteiger partial charge in [-0.1, -0.05) is 0 Å². The number of hydrazone groups is 1. The summed E-state index contributed by atoms with van der Waals surface area (Å²) < 4.78 is 85.7. The number of alkyl carbamates (subject to hydrolysis) is 1. The third-order valence-electron chi connectivity index (χ3n) is 5.61. The van der Waals surface area contributed by atoms with Crippen LogP contribution in [0.25, 0.3) is 0 Å². The molecule has 1 saturated heterocycles. The number of nitrogens with one attached hydrogen (secondary N) is 1. The summed E-state index contributed by atoms with van der Waals surface area (Å²) in [4.78, 5) is 28.2. The van der Waals surface area contributed by atoms with Crippen LogP contribution < -0.4 is 5.32 Å². The summed E-state index contributed by atoms with van der Waals surface area (Å²) in [5.74, 6) is -4.24. The van der Waals surface area contributed by atoms with Gasteiger partial charge in [-0.3, -0.25) is 4.79 Å². The second kappa shape index (κ2) is 10.1. The van der Waals surface area contributed by atoms with E-state index < -0.39 is 66.5 Å². The quantitative estimate of drug-likeness (QED) is 0.363. The number of nitrogens with zero attached hydrogens (tertiary/aromatic N) is 4. The highest BCUT2D eigenvalue weighted by molar-refractivity contribution is 5.93. The van der Waals surface area contributed by atoms with Gasteiger partial charge >= 0.3 is 12.4 Å². The van der Waals surface area contributed by atoms with E-state index in [0.29, 0.717) is 12.1 Å². The van der Waals surface area contributed by atoms with E-state index >= 15 is 0 Å². The minimum atomic E-state index is -4.67. The highest BCUT2D eigenvalue weighted by Crippen LogP contribution is 2.29. The summed E-state index contributed by atoms with van der Waals surface area (Å²) in [5.41, 5.74) is -1.16. The molecule has 2 amide bonds. The number of halogens is 6. The molecule has 3 rings (SSSR count). The maximum absolute atomic E-state index is 14.3. The molecule has 2 aliphatic heterocycles. The number of ether oxygens (including phenoxy) is 1. The average molecular weight is 523 g/mol. The maximum atomic E-state index is 14.3. The Balaban J connectivity index is 1.78. The molecule has 0 spiro atoms. The molecule has 1 fully saturated rings. The monoisotopic (exact) mass is 523 g/mol. The predicted octanol–water partition coefficient (Wildman–Crippen LogP) is 3.57. The first kappa shape index (κ1) is 27.4. The van der Waals surface area contributed by atoms with Gasteiger partial charge in [-0.25, -0.2) is 18.0 Å². The summed E-state index contributed by atoms with van der Waals surface area (Å²) in [6, 6.07) is -0.891. The van der Waals surface area contributed by atoms with Gasteiger partial charge in [0.05, 0.1) is 6.04 Å². The molecule has 0 aromatic heterocycles. The number of amides is 2. The van der Waals surface area contributed by atoms with E-state index in [1.54, 1.807) is 20.8 Å². The number of amidine groups is 1. The van der Waals surface area contributed by atoms with Gasteiger partial charge in [-0.2, -0.15) is 10.1 Å². The van der Waals surface area contributed by atoms with Crippen LogP contribution in [0.2, 0.25) is 0 Å². The molecule has 2 heterocycles. The Morgan fingerprint density at radius 1 is 1.11 bits per heavy atom. The van der Waals surface area contributed by atoms with Gasteiger partial charge in [0.15, 0.2) is 11.6 Å². The molecule has 200 valence electrons. The average Bonchev–Trinajstić information content (AvgIpc) is 3.16. The third-order valence-corrected chi connectivity index (χ3v) is 5.61. The van der Waals surface area contributed by atoms with Crippen LogP contribution in [0.15, 0.2) is 17.2 Å². The number of carbonyl (C=O) groups is 2. The van der Waals surface area contributed by atoms with Crippen LogP contribution in [-0.4, -0.2) is 76.4 Å². The maximum Gasteiger partial charge on any atom is 0.502 e. The van der Waals surface area contributed by atoms with Crippen LogP contribution in [0.4, 0.5) is 31.1 Å². The van der Waals surface area contributed by atoms with Crippen molar-refractivity contribution in [2.45, 2.75) is 64.5 Å². The van der Waals surface area contributed by atoms with E-state index in [1.807, 2.05) is 0 Å². The SMILES string of the molecule is CC1C2=NN(C(F)(F)F)CN2CCN1C(=O)CC(Cc1cc(F)c(F)cc1F)NC(=O)OC(C)(C)C. The molecule has 1 aromatic rings. The Hall–Kier alpha value is -3.19. The van der Waals surface area contributed by atoms with Crippen molar-refractivity contribution < 1.29 is 40.7 Å². The lowest BCUT2D eigenvalue weighted by atomic mass is 10.0. The minimum Gasteiger partial charge on any atom is -0.444 e. The smallest absolute Gasteiger partial charge is 0.444 e. The second-order valence-corrected chi connectivity index (χ2v) is 9.60. The number of benzene rings is 1. The summed E-state index contributed by atoms with van der Waals surface area (Å²) in [6.45, 7) is 6.05. The third kappa shape index (κ3) is 6.52. The van der Waals surface area contributed by atoms with Crippen LogP contribution in [0.5, 0.6) is 0 Å². The van der Waals surface area contributed by atoms with Crippen LogP contribution in [0.3, 0.4) is 0 Å². The van der Waals surface area contributed by atoms with E-state index in [2.05, 4.69) is 10.4 Å². The van der Waals surface area contributed by atoms with Crippen molar-refractivity contribution >= 4 is 17.8 Å². The highest BCUT2D eigenvalue weighted by atomic mass is 19.4. The lowest BCUT2D eigenvalue weighted by molar-refractivity contribution is -0.247. The molecule has 2 aliphatic rings. The number of alkyl halides is 3. The predicted molar refractivity (Wildman–Crippen MR) is 116 cm³/mol. The fourth-order valence-electron chi connectivity index (χ4n) is 3.99. The van der Waals surface area contributed by atoms with Gasteiger partial charge in [-0.15, -0.1) is 13.2 Å². The van der Waals surface area contributed by atoms with Crippen LogP contribution in [-0.2, 0) is 16.0 Å². The van der Waals surface area contributed by atoms with Gasteiger partial charge in [0, 0.05) is 31.6 Å². The number of fused-ring (bicyclic) bond motifs is 1. The van der Waals surface area contributed by atoms with Crippen LogP contribution in [0, 0.1) is 17.5 Å². The van der Waals surface area contributed by atoms with Gasteiger partial charge in [0.1, 0.15) is 23.9 Å². The van der Waals surface area contributed by atoms with Gasteiger partial charge in [-0.05, 0) is 45.7 Å². The first-order chi connectivity index (χ1) is 16.5. The van der Waals surface area contributed by atoms with Crippen molar-refractivity contribution in [1.29, 1.82) is 0 Å². The number of piperazine rings is 1. The Labute approximate surface area is 203 Å². The number of carbonyl (C=O) groups excluding carboxylic acids is 2. The van der Waals surface area contributed by atoms with Gasteiger partial charge < -0.3 is 19.9 Å². The minimum absolute atomic E-state index is 0.0223. The van der Waals surface area contributed by atoms with Crippen molar-refractivity contribution in [3.8, 4) is 0 Å². The molecule has 0 radical (unpaired) electrons. The first-order valence-electron chi connectivity index (χ1n) is 11.2. The molecule has 0 saturated carbocycles. The normalized spacial score (nSPS) is 19.1. The number of hydrogen-bond acceptors (Lipinski definition) is 6. The Morgan fingerprint density at radius 3 is 2.36 bits per heavy atom. The van der Waals surface area contributed by atoms with Crippen molar-refractivity contribution in [2.24, 2.45) is 5.10 Å². The van der Waals surface area contributed by atoms with Gasteiger partial charge in [0.2, 0.25) is 5.91 Å². The van der Waals surface area contributed by atoms with Crippen LogP contribution in [0.1, 0.15) is 39.7 Å². The standard InChI is InChI=1S/C22H27F6N5O3/c1-12-19-30-33(22(26,27)28)11-31(19)5-6-32(12)18(34)9-14(29-20(35)36-21(2,3)4)7-13-8-16(24)17(25)10-15(13)23/h8,10,12,14H,5-7,9,11H2,1-4H3,(H,29,35). The molecule has 8 nitrogen and oxygen atoms in total. The Bertz CT molecular complexity index is 1040. The largest absolute Gasteiger partial charge is 0.502 e. The molecule has 0 bridgehead atoms. The molecule has 1 N–H and O–H groups in total. The van der Waals surface area contributed by atoms with Gasteiger partial charge in [0.25, 0.3) is 0 Å². The lowest BCUT2D eigenvalue weighted by Crippen LogP contribution is -2.57. The Morgan fingerprint density at radius 2 is 1.75 bits per heavy atom. The fraction of sp³-hybridized carbons (Fsp3) is 0.591. The summed E-state index contributed by atoms with van der Waals surface area (Å²) in [6.07, 6.45) is -6.36. The molecular formula is C22H27F6N5O3. The van der Waals surface area contributed by atoms with E-state index in [1.165, 1.54) is 16.7 Å². The van der Waals surface area contributed by atoms with E-state index in [4.69, 9.17) is 4.74 Å². The van der Waals surface area contributed by atoms with E-state index in [9.17, 15) is 35.9 Å². The topological polar surface area (TPSA) is 77.5 Å². The van der Waals surface area contributed by atoms with E-state index in [0.717, 1.165) is 0 Å². The zero-order valence-corrected chi connectivity index (χ0v) is 20.1. The molecule has 2 atom stereocenters. The van der Waals surface area contributed by atoms with E-state index in [-0.39, 0.29) is 35.9 Å². The Kier molecular flexibility index (Phi) is 7.65. The molecular weight excluding hydrogens is 496 g/mol. The second-order valence-electron chi connectivity index (χ2n) is 9.60. The fourth-order valence-corrected chi connectivity index (χ4v) is 3.99. The summed E-state index contributed by atoms with van der Waals surface area (Å²) in [5, 5.41) is 6.03. The van der Waals surface area contributed by atoms with Crippen molar-refractivity contribution in [3.63, 3.8) is 0 Å². The summed E-state index contributed by atoms with van der Waals surface area (Å²) >= 11 is 0. The molecule has 1 aromatic carbocycles. The first-order valence-corrected chi connectivity index (χ1v) is 11.2.